The highest BCUT2D eigenvalue weighted by atomic mass is 14.0. The van der Waals surface area contributed by atoms with E-state index in [-0.39, 0.29) is 0 Å². The van der Waals surface area contributed by atoms with Gasteiger partial charge in [0.15, 0.2) is 7.28 Å². The Morgan fingerprint density at radius 1 is 1.38 bits per heavy atom. The van der Waals surface area contributed by atoms with E-state index < -0.39 is 0 Å². The van der Waals surface area contributed by atoms with Gasteiger partial charge in [-0.25, -0.2) is 0 Å². The largest absolute Gasteiger partial charge is 0.154 e. The molecule has 1 aliphatic carbocycles. The van der Waals surface area contributed by atoms with Gasteiger partial charge in [-0.05, 0) is 25.2 Å². The molecule has 0 nitrogen and oxygen atoms in total. The zero-order valence-electron chi connectivity index (χ0n) is 8.79. The maximum atomic E-state index is 2.34. The smallest absolute Gasteiger partial charge is 0.0887 e. The average molecular weight is 174 g/mol. The van der Waals surface area contributed by atoms with E-state index in [1.165, 1.54) is 18.3 Å². The summed E-state index contributed by atoms with van der Waals surface area (Å²) >= 11 is 0. The van der Waals surface area contributed by atoms with Crippen molar-refractivity contribution < 1.29 is 0 Å². The normalized spacial score (nSPS) is 32.8. The lowest BCUT2D eigenvalue weighted by molar-refractivity contribution is 0.657. The van der Waals surface area contributed by atoms with Crippen molar-refractivity contribution in [3.8, 4) is 0 Å². The molecule has 13 heavy (non-hydrogen) atoms. The lowest BCUT2D eigenvalue weighted by Gasteiger charge is -2.05. The van der Waals surface area contributed by atoms with Gasteiger partial charge in [0.05, 0.1) is 0 Å². The fourth-order valence-corrected chi connectivity index (χ4v) is 1.51. The molecule has 0 fully saturated rings. The SMILES string of the molecule is CBC1=C/C/C=C/CC[C@H](C)\C=C\1. The van der Waals surface area contributed by atoms with Gasteiger partial charge in [0, 0.05) is 0 Å². The maximum Gasteiger partial charge on any atom is 0.154 e. The summed E-state index contributed by atoms with van der Waals surface area (Å²) in [6.45, 7) is 4.51. The molecule has 0 N–H and O–H groups in total. The molecule has 1 aliphatic rings. The lowest BCUT2D eigenvalue weighted by Crippen LogP contribution is -1.92. The summed E-state index contributed by atoms with van der Waals surface area (Å²) in [6, 6.07) is 0. The van der Waals surface area contributed by atoms with Gasteiger partial charge in [-0.3, -0.25) is 0 Å². The monoisotopic (exact) mass is 174 g/mol. The van der Waals surface area contributed by atoms with Crippen LogP contribution in [0.15, 0.2) is 35.9 Å². The average Bonchev–Trinajstić information content (AvgIpc) is 2.16. The van der Waals surface area contributed by atoms with Crippen LogP contribution in [0.2, 0.25) is 6.82 Å². The summed E-state index contributed by atoms with van der Waals surface area (Å²) < 4.78 is 0. The van der Waals surface area contributed by atoms with E-state index in [0.717, 1.165) is 19.6 Å². The fourth-order valence-electron chi connectivity index (χ4n) is 1.51. The Labute approximate surface area is 82.7 Å². The first-order valence-electron chi connectivity index (χ1n) is 5.35. The first-order valence-corrected chi connectivity index (χ1v) is 5.35. The molecule has 1 heteroatoms. The van der Waals surface area contributed by atoms with E-state index in [1.807, 2.05) is 0 Å². The van der Waals surface area contributed by atoms with Crippen molar-refractivity contribution in [1.29, 1.82) is 0 Å². The standard InChI is InChI=1S/C12H19B/c1-11-7-5-3-4-6-8-12(13-2)10-9-11/h3-4,8-11,13H,5-7H2,1-2H3/b4-3+,10-9+,12-8+/t11-/m0/s1. The van der Waals surface area contributed by atoms with E-state index in [2.05, 4.69) is 44.1 Å². The Kier molecular flexibility index (Phi) is 4.66. The van der Waals surface area contributed by atoms with Crippen LogP contribution in [0.3, 0.4) is 0 Å². The summed E-state index contributed by atoms with van der Waals surface area (Å²) in [5.41, 5.74) is 1.47. The predicted octanol–water partition coefficient (Wildman–Crippen LogP) is 3.29. The minimum absolute atomic E-state index is 0.720. The molecule has 0 radical (unpaired) electrons. The fraction of sp³-hybridized carbons (Fsp3) is 0.500. The molecule has 1 rings (SSSR count). The van der Waals surface area contributed by atoms with Crippen LogP contribution in [0.4, 0.5) is 0 Å². The van der Waals surface area contributed by atoms with Crippen molar-refractivity contribution in [2.45, 2.75) is 33.0 Å². The van der Waals surface area contributed by atoms with Crippen molar-refractivity contribution in [2.75, 3.05) is 0 Å². The minimum Gasteiger partial charge on any atom is -0.0887 e. The first kappa shape index (κ1) is 10.4. The highest BCUT2D eigenvalue weighted by Gasteiger charge is 1.97. The van der Waals surface area contributed by atoms with Crippen LogP contribution in [0, 0.1) is 5.92 Å². The zero-order chi connectivity index (χ0) is 9.52. The second kappa shape index (κ2) is 5.85. The molecular weight excluding hydrogens is 155 g/mol. The molecule has 0 saturated carbocycles. The molecule has 0 aromatic carbocycles. The van der Waals surface area contributed by atoms with Crippen LogP contribution in [0.1, 0.15) is 26.2 Å². The van der Waals surface area contributed by atoms with Crippen molar-refractivity contribution in [3.05, 3.63) is 35.9 Å². The number of hydrogen-bond acceptors (Lipinski definition) is 0. The van der Waals surface area contributed by atoms with Crippen molar-refractivity contribution in [1.82, 2.24) is 0 Å². The number of rotatable bonds is 1. The Morgan fingerprint density at radius 3 is 3.00 bits per heavy atom. The molecule has 0 spiro atoms. The van der Waals surface area contributed by atoms with E-state index in [0.29, 0.717) is 0 Å². The highest BCUT2D eigenvalue weighted by Crippen LogP contribution is 2.11. The topological polar surface area (TPSA) is 0 Å². The number of hydrogen-bond donors (Lipinski definition) is 0. The molecule has 0 unspecified atom stereocenters. The maximum absolute atomic E-state index is 2.34. The van der Waals surface area contributed by atoms with Crippen LogP contribution in [0.25, 0.3) is 0 Å². The molecule has 0 saturated heterocycles. The van der Waals surface area contributed by atoms with Crippen molar-refractivity contribution in [2.24, 2.45) is 5.92 Å². The Morgan fingerprint density at radius 2 is 2.23 bits per heavy atom. The predicted molar refractivity (Wildman–Crippen MR) is 62.4 cm³/mol. The first-order chi connectivity index (χ1) is 6.33. The van der Waals surface area contributed by atoms with Crippen LogP contribution < -0.4 is 0 Å². The van der Waals surface area contributed by atoms with Gasteiger partial charge in [-0.15, -0.1) is 0 Å². The molecule has 0 aromatic rings. The Balaban J connectivity index is 2.66. The van der Waals surface area contributed by atoms with E-state index in [1.54, 1.807) is 0 Å². The summed E-state index contributed by atoms with van der Waals surface area (Å²) in [6.07, 6.45) is 15.1. The van der Waals surface area contributed by atoms with E-state index >= 15 is 0 Å². The van der Waals surface area contributed by atoms with Gasteiger partial charge in [0.1, 0.15) is 0 Å². The van der Waals surface area contributed by atoms with Crippen LogP contribution >= 0.6 is 0 Å². The van der Waals surface area contributed by atoms with Crippen LogP contribution in [-0.4, -0.2) is 7.28 Å². The second-order valence-corrected chi connectivity index (χ2v) is 3.75. The van der Waals surface area contributed by atoms with Crippen LogP contribution in [0.5, 0.6) is 0 Å². The van der Waals surface area contributed by atoms with Gasteiger partial charge in [0.2, 0.25) is 0 Å². The molecule has 0 bridgehead atoms. The quantitative estimate of drug-likeness (QED) is 0.422. The summed E-state index contributed by atoms with van der Waals surface area (Å²) in [5, 5.41) is 0. The summed E-state index contributed by atoms with van der Waals surface area (Å²) in [5.74, 6) is 0.720. The number of allylic oxidation sites excluding steroid dienone is 6. The van der Waals surface area contributed by atoms with Gasteiger partial charge in [-0.2, -0.15) is 0 Å². The Hall–Kier alpha value is -0.715. The molecule has 1 atom stereocenters. The van der Waals surface area contributed by atoms with E-state index in [9.17, 15) is 0 Å². The van der Waals surface area contributed by atoms with Crippen molar-refractivity contribution in [3.63, 3.8) is 0 Å². The zero-order valence-corrected chi connectivity index (χ0v) is 8.79. The summed E-state index contributed by atoms with van der Waals surface area (Å²) in [7, 11) is 1.15. The molecule has 0 aliphatic heterocycles. The molecule has 0 aromatic heterocycles. The van der Waals surface area contributed by atoms with Crippen molar-refractivity contribution >= 4 is 7.28 Å². The highest BCUT2D eigenvalue weighted by molar-refractivity contribution is 6.44. The third-order valence-corrected chi connectivity index (χ3v) is 2.52. The molecule has 70 valence electrons. The van der Waals surface area contributed by atoms with Gasteiger partial charge >= 0.3 is 0 Å². The summed E-state index contributed by atoms with van der Waals surface area (Å²) in [4.78, 5) is 0. The third kappa shape index (κ3) is 4.16. The Bertz CT molecular complexity index is 223. The van der Waals surface area contributed by atoms with E-state index in [4.69, 9.17) is 0 Å². The van der Waals surface area contributed by atoms with Crippen LogP contribution in [-0.2, 0) is 0 Å². The second-order valence-electron chi connectivity index (χ2n) is 3.75. The lowest BCUT2D eigenvalue weighted by atomic mass is 9.71. The minimum atomic E-state index is 0.720. The third-order valence-electron chi connectivity index (χ3n) is 2.52. The molecular formula is C12H19B. The van der Waals surface area contributed by atoms with Gasteiger partial charge in [0.25, 0.3) is 0 Å². The van der Waals surface area contributed by atoms with Gasteiger partial charge in [-0.1, -0.05) is 49.6 Å². The molecule has 0 heterocycles. The van der Waals surface area contributed by atoms with Gasteiger partial charge < -0.3 is 0 Å². The molecule has 0 amide bonds.